The topological polar surface area (TPSA) is 20.3 Å². The number of hydrogen-bond acceptors (Lipinski definition) is 2. The molecule has 0 fully saturated rings. The average Bonchev–Trinajstić information content (AvgIpc) is 2.64. The van der Waals surface area contributed by atoms with Gasteiger partial charge in [-0.2, -0.15) is 0 Å². The third kappa shape index (κ3) is 3.97. The van der Waals surface area contributed by atoms with Gasteiger partial charge in [0.2, 0.25) is 5.91 Å². The van der Waals surface area contributed by atoms with Crippen LogP contribution in [-0.4, -0.2) is 37.1 Å². The molecule has 0 bridgehead atoms. The average molecular weight is 370 g/mol. The van der Waals surface area contributed by atoms with E-state index in [1.54, 1.807) is 11.8 Å². The summed E-state index contributed by atoms with van der Waals surface area (Å²) in [4.78, 5) is 17.5. The molecule has 0 aromatic heterocycles. The Hall–Kier alpha value is -1.78. The molecule has 0 radical (unpaired) electrons. The number of rotatable bonds is 7. The molecular formula is C22H29N2OS+. The van der Waals surface area contributed by atoms with Gasteiger partial charge in [-0.25, -0.2) is 0 Å². The molecule has 2 aromatic rings. The van der Waals surface area contributed by atoms with Crippen LogP contribution in [0.2, 0.25) is 0 Å². The predicted molar refractivity (Wildman–Crippen MR) is 110 cm³/mol. The zero-order valence-corrected chi connectivity index (χ0v) is 16.9. The summed E-state index contributed by atoms with van der Waals surface area (Å²) in [7, 11) is 2.29. The Morgan fingerprint density at radius 3 is 1.88 bits per heavy atom. The SMILES string of the molecule is CCC[N+](C)(CCC)CCC(=O)N1c2ccccc2Sc2ccccc21. The fourth-order valence-corrected chi connectivity index (χ4v) is 4.92. The van der Waals surface area contributed by atoms with E-state index in [2.05, 4.69) is 45.2 Å². The highest BCUT2D eigenvalue weighted by molar-refractivity contribution is 7.99. The van der Waals surface area contributed by atoms with E-state index in [9.17, 15) is 4.79 Å². The van der Waals surface area contributed by atoms with Crippen molar-refractivity contribution in [2.45, 2.75) is 42.9 Å². The van der Waals surface area contributed by atoms with Crippen LogP contribution in [-0.2, 0) is 4.79 Å². The lowest BCUT2D eigenvalue weighted by molar-refractivity contribution is -0.909. The fourth-order valence-electron chi connectivity index (χ4n) is 3.87. The number of nitrogens with zero attached hydrogens (tertiary/aromatic N) is 2. The maximum atomic E-state index is 13.3. The number of quaternary nitrogens is 1. The van der Waals surface area contributed by atoms with Crippen LogP contribution in [0.25, 0.3) is 0 Å². The Kier molecular flexibility index (Phi) is 6.05. The first kappa shape index (κ1) is 19.0. The third-order valence-electron chi connectivity index (χ3n) is 5.07. The van der Waals surface area contributed by atoms with Crippen molar-refractivity contribution in [2.75, 3.05) is 31.6 Å². The standard InChI is InChI=1S/C22H29N2OS/c1-4-15-24(3,16-5-2)17-14-22(25)23-18-10-6-8-12-20(18)26-21-13-9-7-11-19(21)23/h6-13H,4-5,14-17H2,1-3H3/q+1. The molecule has 2 aromatic carbocycles. The van der Waals surface area contributed by atoms with E-state index in [1.807, 2.05) is 29.2 Å². The zero-order chi connectivity index (χ0) is 18.6. The van der Waals surface area contributed by atoms with Crippen LogP contribution < -0.4 is 4.90 Å². The van der Waals surface area contributed by atoms with Gasteiger partial charge >= 0.3 is 0 Å². The van der Waals surface area contributed by atoms with Crippen LogP contribution in [0.4, 0.5) is 11.4 Å². The van der Waals surface area contributed by atoms with Gasteiger partial charge in [0.1, 0.15) is 0 Å². The number of fused-ring (bicyclic) bond motifs is 2. The number of carbonyl (C=O) groups is 1. The molecule has 1 aliphatic rings. The van der Waals surface area contributed by atoms with Crippen LogP contribution >= 0.6 is 11.8 Å². The molecule has 3 nitrogen and oxygen atoms in total. The minimum atomic E-state index is 0.196. The van der Waals surface area contributed by atoms with Crippen molar-refractivity contribution in [2.24, 2.45) is 0 Å². The summed E-state index contributed by atoms with van der Waals surface area (Å²) in [6.45, 7) is 7.60. The lowest BCUT2D eigenvalue weighted by Gasteiger charge is -2.36. The van der Waals surface area contributed by atoms with E-state index < -0.39 is 0 Å². The van der Waals surface area contributed by atoms with E-state index in [1.165, 1.54) is 0 Å². The van der Waals surface area contributed by atoms with Crippen molar-refractivity contribution >= 4 is 29.0 Å². The monoisotopic (exact) mass is 369 g/mol. The Balaban J connectivity index is 1.85. The van der Waals surface area contributed by atoms with Crippen LogP contribution in [0.15, 0.2) is 58.3 Å². The van der Waals surface area contributed by atoms with Crippen molar-refractivity contribution in [1.82, 2.24) is 0 Å². The van der Waals surface area contributed by atoms with Crippen LogP contribution in [0.1, 0.15) is 33.1 Å². The van der Waals surface area contributed by atoms with Gasteiger partial charge < -0.3 is 4.48 Å². The molecule has 3 rings (SSSR count). The fraction of sp³-hybridized carbons (Fsp3) is 0.409. The Morgan fingerprint density at radius 2 is 1.38 bits per heavy atom. The summed E-state index contributed by atoms with van der Waals surface area (Å²) in [6, 6.07) is 16.4. The summed E-state index contributed by atoms with van der Waals surface area (Å²) in [5.74, 6) is 0.196. The molecule has 138 valence electrons. The minimum absolute atomic E-state index is 0.196. The predicted octanol–water partition coefficient (Wildman–Crippen LogP) is 5.47. The van der Waals surface area contributed by atoms with E-state index in [0.29, 0.717) is 6.42 Å². The first-order valence-electron chi connectivity index (χ1n) is 9.60. The molecule has 1 heterocycles. The number of hydrogen-bond donors (Lipinski definition) is 0. The van der Waals surface area contributed by atoms with Crippen LogP contribution in [0.5, 0.6) is 0 Å². The highest BCUT2D eigenvalue weighted by Crippen LogP contribution is 2.48. The summed E-state index contributed by atoms with van der Waals surface area (Å²) in [5, 5.41) is 0. The minimum Gasteiger partial charge on any atom is -0.326 e. The van der Waals surface area contributed by atoms with Gasteiger partial charge in [0.05, 0.1) is 44.5 Å². The third-order valence-corrected chi connectivity index (χ3v) is 6.20. The van der Waals surface area contributed by atoms with E-state index >= 15 is 0 Å². The molecule has 0 unspecified atom stereocenters. The quantitative estimate of drug-likeness (QED) is 0.603. The summed E-state index contributed by atoms with van der Waals surface area (Å²) in [6.07, 6.45) is 2.87. The van der Waals surface area contributed by atoms with Gasteiger partial charge in [-0.1, -0.05) is 49.9 Å². The highest BCUT2D eigenvalue weighted by Gasteiger charge is 2.29. The highest BCUT2D eigenvalue weighted by atomic mass is 32.2. The first-order chi connectivity index (χ1) is 12.6. The second kappa shape index (κ2) is 8.28. The Labute approximate surface area is 161 Å². The molecule has 0 saturated carbocycles. The van der Waals surface area contributed by atoms with Gasteiger partial charge in [-0.05, 0) is 37.1 Å². The lowest BCUT2D eigenvalue weighted by Crippen LogP contribution is -2.47. The molecule has 0 spiro atoms. The van der Waals surface area contributed by atoms with Crippen molar-refractivity contribution in [3.8, 4) is 0 Å². The van der Waals surface area contributed by atoms with Gasteiger partial charge in [0.25, 0.3) is 0 Å². The van der Waals surface area contributed by atoms with E-state index in [0.717, 1.165) is 58.1 Å². The van der Waals surface area contributed by atoms with Crippen LogP contribution in [0, 0.1) is 0 Å². The molecule has 0 saturated heterocycles. The number of benzene rings is 2. The zero-order valence-electron chi connectivity index (χ0n) is 16.1. The van der Waals surface area contributed by atoms with Crippen molar-refractivity contribution in [3.05, 3.63) is 48.5 Å². The van der Waals surface area contributed by atoms with E-state index in [-0.39, 0.29) is 5.91 Å². The van der Waals surface area contributed by atoms with Gasteiger partial charge in [-0.15, -0.1) is 0 Å². The number of anilines is 2. The van der Waals surface area contributed by atoms with Gasteiger partial charge in [0, 0.05) is 9.79 Å². The summed E-state index contributed by atoms with van der Waals surface area (Å²) in [5.41, 5.74) is 2.03. The maximum Gasteiger partial charge on any atom is 0.237 e. The smallest absolute Gasteiger partial charge is 0.237 e. The Morgan fingerprint density at radius 1 is 0.885 bits per heavy atom. The summed E-state index contributed by atoms with van der Waals surface area (Å²) < 4.78 is 0.977. The van der Waals surface area contributed by atoms with Crippen molar-refractivity contribution < 1.29 is 9.28 Å². The Bertz CT molecular complexity index is 723. The first-order valence-corrected chi connectivity index (χ1v) is 10.4. The molecule has 0 aliphatic carbocycles. The molecule has 0 N–H and O–H groups in total. The maximum absolute atomic E-state index is 13.3. The molecule has 1 aliphatic heterocycles. The van der Waals surface area contributed by atoms with Gasteiger partial charge in [0.15, 0.2) is 0 Å². The molecule has 26 heavy (non-hydrogen) atoms. The molecule has 0 atom stereocenters. The van der Waals surface area contributed by atoms with Gasteiger partial charge in [-0.3, -0.25) is 9.69 Å². The number of para-hydroxylation sites is 2. The lowest BCUT2D eigenvalue weighted by atomic mass is 10.2. The largest absolute Gasteiger partial charge is 0.326 e. The van der Waals surface area contributed by atoms with Crippen molar-refractivity contribution in [3.63, 3.8) is 0 Å². The molecular weight excluding hydrogens is 340 g/mol. The molecule has 4 heteroatoms. The summed E-state index contributed by atoms with van der Waals surface area (Å²) >= 11 is 1.75. The number of carbonyl (C=O) groups excluding carboxylic acids is 1. The normalized spacial score (nSPS) is 13.3. The van der Waals surface area contributed by atoms with E-state index in [4.69, 9.17) is 0 Å². The van der Waals surface area contributed by atoms with Crippen LogP contribution in [0.3, 0.4) is 0 Å². The second-order valence-electron chi connectivity index (χ2n) is 7.31. The number of amides is 1. The second-order valence-corrected chi connectivity index (χ2v) is 8.39. The van der Waals surface area contributed by atoms with Crippen molar-refractivity contribution in [1.29, 1.82) is 0 Å². The molecule has 1 amide bonds.